The Morgan fingerprint density at radius 1 is 1.58 bits per heavy atom. The van der Waals surface area contributed by atoms with Crippen molar-refractivity contribution >= 4 is 0 Å². The smallest absolute Gasteiger partial charge is 0.176 e. The molecule has 0 saturated heterocycles. The lowest BCUT2D eigenvalue weighted by Gasteiger charge is -2.34. The second-order valence-corrected chi connectivity index (χ2v) is 3.87. The third-order valence-electron chi connectivity index (χ3n) is 2.70. The Hall–Kier alpha value is -0.750. The summed E-state index contributed by atoms with van der Waals surface area (Å²) in [4.78, 5) is 0. The van der Waals surface area contributed by atoms with Gasteiger partial charge in [-0.3, -0.25) is 0 Å². The number of hydrogen-bond donors (Lipinski definition) is 2. The summed E-state index contributed by atoms with van der Waals surface area (Å²) in [5, 5.41) is 20.7. The van der Waals surface area contributed by atoms with Gasteiger partial charge >= 0.3 is 0 Å². The van der Waals surface area contributed by atoms with Crippen LogP contribution in [0.2, 0.25) is 0 Å². The van der Waals surface area contributed by atoms with E-state index in [-0.39, 0.29) is 0 Å². The molecule has 1 fully saturated rings. The van der Waals surface area contributed by atoms with E-state index in [0.717, 1.165) is 31.6 Å². The first-order valence-corrected chi connectivity index (χ1v) is 4.51. The molecule has 68 valence electrons. The third kappa shape index (κ3) is 2.38. The maximum absolute atomic E-state index is 9.91. The maximum atomic E-state index is 9.91. The Balaban J connectivity index is 2.35. The first-order chi connectivity index (χ1) is 5.66. The molecule has 0 aromatic heterocycles. The molecule has 0 aromatic carbocycles. The van der Waals surface area contributed by atoms with Crippen molar-refractivity contribution in [3.05, 3.63) is 0 Å². The first kappa shape index (κ1) is 9.34. The van der Waals surface area contributed by atoms with E-state index in [1.165, 1.54) is 0 Å². The minimum absolute atomic E-state index is 0.413. The SMILES string of the molecule is CC1CCC(O)(CNC#N)CC1. The highest BCUT2D eigenvalue weighted by Crippen LogP contribution is 2.30. The minimum Gasteiger partial charge on any atom is -0.388 e. The Kier molecular flexibility index (Phi) is 2.93. The quantitative estimate of drug-likeness (QED) is 0.477. The predicted octanol–water partition coefficient (Wildman–Crippen LogP) is 0.998. The number of nitriles is 1. The zero-order valence-electron chi connectivity index (χ0n) is 7.51. The van der Waals surface area contributed by atoms with Crippen molar-refractivity contribution in [3.8, 4) is 6.19 Å². The van der Waals surface area contributed by atoms with Crippen LogP contribution >= 0.6 is 0 Å². The summed E-state index contributed by atoms with van der Waals surface area (Å²) in [6.45, 7) is 2.62. The summed E-state index contributed by atoms with van der Waals surface area (Å²) in [5.41, 5.74) is -0.623. The molecular formula is C9H16N2O. The Labute approximate surface area is 73.4 Å². The van der Waals surface area contributed by atoms with Crippen molar-refractivity contribution in [2.24, 2.45) is 5.92 Å². The molecule has 3 heteroatoms. The molecule has 1 aliphatic rings. The van der Waals surface area contributed by atoms with Crippen molar-refractivity contribution in [2.75, 3.05) is 6.54 Å². The van der Waals surface area contributed by atoms with Crippen molar-refractivity contribution in [1.29, 1.82) is 5.26 Å². The van der Waals surface area contributed by atoms with Gasteiger partial charge in [0.1, 0.15) is 0 Å². The van der Waals surface area contributed by atoms with Crippen LogP contribution in [-0.2, 0) is 0 Å². The second-order valence-electron chi connectivity index (χ2n) is 3.87. The molecule has 3 nitrogen and oxygen atoms in total. The van der Waals surface area contributed by atoms with Gasteiger partial charge in [-0.05, 0) is 31.6 Å². The van der Waals surface area contributed by atoms with Gasteiger partial charge in [-0.2, -0.15) is 5.26 Å². The number of nitrogens with one attached hydrogen (secondary N) is 1. The summed E-state index contributed by atoms with van der Waals surface area (Å²) in [6, 6.07) is 0. The Morgan fingerprint density at radius 2 is 2.17 bits per heavy atom. The summed E-state index contributed by atoms with van der Waals surface area (Å²) < 4.78 is 0. The van der Waals surface area contributed by atoms with E-state index < -0.39 is 5.60 Å². The zero-order chi connectivity index (χ0) is 9.03. The Morgan fingerprint density at radius 3 is 2.67 bits per heavy atom. The molecule has 0 heterocycles. The van der Waals surface area contributed by atoms with Crippen LogP contribution in [0.3, 0.4) is 0 Å². The largest absolute Gasteiger partial charge is 0.388 e. The minimum atomic E-state index is -0.623. The molecule has 0 aliphatic heterocycles. The monoisotopic (exact) mass is 168 g/mol. The predicted molar refractivity (Wildman–Crippen MR) is 46.2 cm³/mol. The van der Waals surface area contributed by atoms with Crippen molar-refractivity contribution in [3.63, 3.8) is 0 Å². The second kappa shape index (κ2) is 3.77. The van der Waals surface area contributed by atoms with Gasteiger partial charge in [0.15, 0.2) is 6.19 Å². The van der Waals surface area contributed by atoms with Crippen LogP contribution in [0.4, 0.5) is 0 Å². The highest BCUT2D eigenvalue weighted by Gasteiger charge is 2.31. The van der Waals surface area contributed by atoms with Gasteiger partial charge in [-0.15, -0.1) is 0 Å². The molecule has 0 amide bonds. The van der Waals surface area contributed by atoms with Gasteiger partial charge in [0, 0.05) is 0 Å². The average Bonchev–Trinajstić information content (AvgIpc) is 2.08. The zero-order valence-corrected chi connectivity index (χ0v) is 7.51. The fourth-order valence-electron chi connectivity index (χ4n) is 1.68. The summed E-state index contributed by atoms with van der Waals surface area (Å²) >= 11 is 0. The summed E-state index contributed by atoms with van der Waals surface area (Å²) in [7, 11) is 0. The third-order valence-corrected chi connectivity index (χ3v) is 2.70. The van der Waals surface area contributed by atoms with Crippen molar-refractivity contribution in [1.82, 2.24) is 5.32 Å². The van der Waals surface area contributed by atoms with Gasteiger partial charge in [0.25, 0.3) is 0 Å². The lowest BCUT2D eigenvalue weighted by molar-refractivity contribution is -0.00309. The van der Waals surface area contributed by atoms with Crippen LogP contribution in [0.5, 0.6) is 0 Å². The molecule has 0 unspecified atom stereocenters. The first-order valence-electron chi connectivity index (χ1n) is 4.51. The van der Waals surface area contributed by atoms with E-state index in [0.29, 0.717) is 6.54 Å². The fraction of sp³-hybridized carbons (Fsp3) is 0.889. The number of aliphatic hydroxyl groups is 1. The van der Waals surface area contributed by atoms with Gasteiger partial charge in [0.2, 0.25) is 0 Å². The number of rotatable bonds is 2. The fourth-order valence-corrected chi connectivity index (χ4v) is 1.68. The number of nitrogens with zero attached hydrogens (tertiary/aromatic N) is 1. The molecule has 1 rings (SSSR count). The van der Waals surface area contributed by atoms with E-state index in [9.17, 15) is 5.11 Å². The lowest BCUT2D eigenvalue weighted by Crippen LogP contribution is -2.42. The van der Waals surface area contributed by atoms with Gasteiger partial charge in [0.05, 0.1) is 12.1 Å². The summed E-state index contributed by atoms with van der Waals surface area (Å²) in [5.74, 6) is 0.729. The molecule has 1 aliphatic carbocycles. The van der Waals surface area contributed by atoms with Crippen molar-refractivity contribution < 1.29 is 5.11 Å². The average molecular weight is 168 g/mol. The van der Waals surface area contributed by atoms with Gasteiger partial charge in [-0.1, -0.05) is 6.92 Å². The molecule has 0 radical (unpaired) electrons. The van der Waals surface area contributed by atoms with Gasteiger partial charge in [-0.25, -0.2) is 0 Å². The standard InChI is InChI=1S/C9H16N2O/c1-8-2-4-9(12,5-3-8)6-11-7-10/h8,11-12H,2-6H2,1H3. The molecule has 12 heavy (non-hydrogen) atoms. The Bertz CT molecular complexity index is 177. The van der Waals surface area contributed by atoms with E-state index in [1.807, 2.05) is 6.19 Å². The van der Waals surface area contributed by atoms with E-state index >= 15 is 0 Å². The molecule has 0 bridgehead atoms. The van der Waals surface area contributed by atoms with Crippen LogP contribution in [0.15, 0.2) is 0 Å². The molecule has 2 N–H and O–H groups in total. The van der Waals surface area contributed by atoms with Crippen LogP contribution in [0.25, 0.3) is 0 Å². The highest BCUT2D eigenvalue weighted by molar-refractivity contribution is 4.88. The van der Waals surface area contributed by atoms with Crippen LogP contribution < -0.4 is 5.32 Å². The molecular weight excluding hydrogens is 152 g/mol. The lowest BCUT2D eigenvalue weighted by atomic mass is 9.79. The molecule has 0 aromatic rings. The van der Waals surface area contributed by atoms with Crippen LogP contribution in [-0.4, -0.2) is 17.3 Å². The number of hydrogen-bond acceptors (Lipinski definition) is 3. The molecule has 1 saturated carbocycles. The summed E-state index contributed by atoms with van der Waals surface area (Å²) in [6.07, 6.45) is 5.63. The topological polar surface area (TPSA) is 56.0 Å². The molecule has 0 spiro atoms. The van der Waals surface area contributed by atoms with Gasteiger partial charge < -0.3 is 10.4 Å². The van der Waals surface area contributed by atoms with Crippen LogP contribution in [0.1, 0.15) is 32.6 Å². The van der Waals surface area contributed by atoms with Crippen LogP contribution in [0, 0.1) is 17.4 Å². The maximum Gasteiger partial charge on any atom is 0.176 e. The van der Waals surface area contributed by atoms with E-state index in [1.54, 1.807) is 0 Å². The highest BCUT2D eigenvalue weighted by atomic mass is 16.3. The van der Waals surface area contributed by atoms with Crippen molar-refractivity contribution in [2.45, 2.75) is 38.2 Å². The molecule has 0 atom stereocenters. The van der Waals surface area contributed by atoms with E-state index in [4.69, 9.17) is 5.26 Å². The normalized spacial score (nSPS) is 35.6. The van der Waals surface area contributed by atoms with E-state index in [2.05, 4.69) is 12.2 Å².